The Morgan fingerprint density at radius 1 is 1.17 bits per heavy atom. The van der Waals surface area contributed by atoms with Crippen molar-refractivity contribution in [3.63, 3.8) is 0 Å². The Hall–Kier alpha value is -3.94. The molecule has 0 radical (unpaired) electrons. The number of nitriles is 1. The van der Waals surface area contributed by atoms with Crippen LogP contribution in [0.2, 0.25) is 0 Å². The molecule has 0 aliphatic carbocycles. The number of aromatic hydroxyl groups is 1. The van der Waals surface area contributed by atoms with Crippen LogP contribution in [0.15, 0.2) is 66.0 Å². The first kappa shape index (κ1) is 19.4. The molecule has 2 heterocycles. The Balaban J connectivity index is 1.62. The van der Waals surface area contributed by atoms with Gasteiger partial charge in [0.1, 0.15) is 11.8 Å². The summed E-state index contributed by atoms with van der Waals surface area (Å²) in [5.41, 5.74) is 3.07. The average Bonchev–Trinajstić information content (AvgIpc) is 3.17. The summed E-state index contributed by atoms with van der Waals surface area (Å²) in [6, 6.07) is 13.0. The van der Waals surface area contributed by atoms with Gasteiger partial charge in [-0.25, -0.2) is 23.5 Å². The fourth-order valence-electron chi connectivity index (χ4n) is 3.03. The van der Waals surface area contributed by atoms with Gasteiger partial charge in [0.25, 0.3) is 0 Å². The number of benzene rings is 2. The van der Waals surface area contributed by atoms with Crippen molar-refractivity contribution in [2.75, 3.05) is 5.32 Å². The zero-order chi connectivity index (χ0) is 21.3. The van der Waals surface area contributed by atoms with Gasteiger partial charge in [0.15, 0.2) is 11.5 Å². The van der Waals surface area contributed by atoms with Crippen molar-refractivity contribution in [3.8, 4) is 23.1 Å². The van der Waals surface area contributed by atoms with Crippen molar-refractivity contribution < 1.29 is 13.5 Å². The molecule has 4 N–H and O–H groups in total. The number of aromatic nitrogens is 3. The third-order valence-corrected chi connectivity index (χ3v) is 5.48. The van der Waals surface area contributed by atoms with E-state index >= 15 is 0 Å². The molecule has 0 saturated heterocycles. The van der Waals surface area contributed by atoms with Crippen molar-refractivity contribution in [3.05, 3.63) is 72.2 Å². The molecular weight excluding hydrogens is 404 g/mol. The quantitative estimate of drug-likeness (QED) is 0.448. The molecule has 0 atom stereocenters. The van der Waals surface area contributed by atoms with Gasteiger partial charge in [-0.1, -0.05) is 12.1 Å². The van der Waals surface area contributed by atoms with E-state index in [9.17, 15) is 13.5 Å². The molecule has 4 aromatic rings. The number of fused-ring (bicyclic) bond motifs is 1. The van der Waals surface area contributed by atoms with Crippen molar-refractivity contribution in [2.24, 2.45) is 5.14 Å². The summed E-state index contributed by atoms with van der Waals surface area (Å²) in [6.07, 6.45) is 5.04. The molecule has 9 nitrogen and oxygen atoms in total. The van der Waals surface area contributed by atoms with Gasteiger partial charge in [-0.3, -0.25) is 4.40 Å². The van der Waals surface area contributed by atoms with Gasteiger partial charge in [-0.2, -0.15) is 5.26 Å². The number of nitrogens with one attached hydrogen (secondary N) is 1. The maximum Gasteiger partial charge on any atom is 0.238 e. The maximum atomic E-state index is 11.4. The number of hydrogen-bond acceptors (Lipinski definition) is 7. The molecule has 150 valence electrons. The van der Waals surface area contributed by atoms with Gasteiger partial charge in [-0.15, -0.1) is 0 Å². The molecule has 0 aliphatic heterocycles. The lowest BCUT2D eigenvalue weighted by Crippen LogP contribution is -2.12. The Labute approximate surface area is 172 Å². The number of sulfonamides is 1. The second-order valence-electron chi connectivity index (χ2n) is 6.50. The summed E-state index contributed by atoms with van der Waals surface area (Å²) in [5.74, 6) is 0.464. The van der Waals surface area contributed by atoms with Crippen LogP contribution in [-0.4, -0.2) is 27.9 Å². The zero-order valence-electron chi connectivity index (χ0n) is 15.5. The number of imidazole rings is 1. The lowest BCUT2D eigenvalue weighted by molar-refractivity contribution is 0.473. The topological polar surface area (TPSA) is 146 Å². The van der Waals surface area contributed by atoms with Gasteiger partial charge in [0.2, 0.25) is 10.0 Å². The lowest BCUT2D eigenvalue weighted by Gasteiger charge is -2.09. The van der Waals surface area contributed by atoms with E-state index in [0.717, 1.165) is 16.8 Å². The first-order valence-electron chi connectivity index (χ1n) is 8.78. The predicted molar refractivity (Wildman–Crippen MR) is 110 cm³/mol. The van der Waals surface area contributed by atoms with E-state index in [2.05, 4.69) is 15.3 Å². The normalized spacial score (nSPS) is 11.3. The lowest BCUT2D eigenvalue weighted by atomic mass is 10.1. The van der Waals surface area contributed by atoms with Crippen LogP contribution in [0.25, 0.3) is 16.9 Å². The van der Waals surface area contributed by atoms with Gasteiger partial charge >= 0.3 is 0 Å². The molecule has 0 bridgehead atoms. The van der Waals surface area contributed by atoms with E-state index in [1.807, 2.05) is 10.5 Å². The van der Waals surface area contributed by atoms with Crippen LogP contribution < -0.4 is 10.5 Å². The van der Waals surface area contributed by atoms with Crippen LogP contribution in [-0.2, 0) is 16.6 Å². The molecule has 30 heavy (non-hydrogen) atoms. The standard InChI is InChI=1S/C20H16N6O3S/c21-10-15-9-14(3-6-18(15)27)17-12-25-20-19(23-7-8-26(17)20)24-11-13-1-4-16(5-2-13)30(22,28)29/h1-9,12,27H,11H2,(H,23,24)(H2,22,28,29). The number of hydrogen-bond donors (Lipinski definition) is 3. The smallest absolute Gasteiger partial charge is 0.238 e. The number of nitrogens with two attached hydrogens (primary N) is 1. The van der Waals surface area contributed by atoms with Gasteiger partial charge in [0, 0.05) is 24.5 Å². The third-order valence-electron chi connectivity index (χ3n) is 4.55. The number of rotatable bonds is 5. The SMILES string of the molecule is N#Cc1cc(-c2cnc3c(NCc4ccc(S(N)(=O)=O)cc4)nccn23)ccc1O. The number of nitrogens with zero attached hydrogens (tertiary/aromatic N) is 4. The Morgan fingerprint density at radius 3 is 2.63 bits per heavy atom. The van der Waals surface area contributed by atoms with E-state index < -0.39 is 10.0 Å². The van der Waals surface area contributed by atoms with Gasteiger partial charge < -0.3 is 10.4 Å². The highest BCUT2D eigenvalue weighted by molar-refractivity contribution is 7.89. The average molecular weight is 420 g/mol. The van der Waals surface area contributed by atoms with E-state index in [0.29, 0.717) is 18.0 Å². The minimum atomic E-state index is -3.73. The number of anilines is 1. The predicted octanol–water partition coefficient (Wildman–Crippen LogP) is 2.23. The van der Waals surface area contributed by atoms with Crippen LogP contribution in [0.4, 0.5) is 5.82 Å². The molecular formula is C20H16N6O3S. The molecule has 0 spiro atoms. The van der Waals surface area contributed by atoms with Crippen molar-refractivity contribution >= 4 is 21.5 Å². The van der Waals surface area contributed by atoms with Gasteiger partial charge in [-0.05, 0) is 35.9 Å². The Kier molecular flexibility index (Phi) is 4.83. The third kappa shape index (κ3) is 3.67. The molecule has 2 aromatic carbocycles. The fraction of sp³-hybridized carbons (Fsp3) is 0.0500. The largest absolute Gasteiger partial charge is 0.507 e. The number of phenols is 1. The summed E-state index contributed by atoms with van der Waals surface area (Å²) in [6.45, 7) is 0.400. The summed E-state index contributed by atoms with van der Waals surface area (Å²) >= 11 is 0. The van der Waals surface area contributed by atoms with Crippen LogP contribution >= 0.6 is 0 Å². The summed E-state index contributed by atoms with van der Waals surface area (Å²) in [4.78, 5) is 8.81. The number of phenolic OH excluding ortho intramolecular Hbond substituents is 1. The maximum absolute atomic E-state index is 11.4. The van der Waals surface area contributed by atoms with E-state index in [1.54, 1.807) is 42.9 Å². The van der Waals surface area contributed by atoms with E-state index in [-0.39, 0.29) is 16.2 Å². The van der Waals surface area contributed by atoms with Crippen LogP contribution in [0.1, 0.15) is 11.1 Å². The molecule has 0 unspecified atom stereocenters. The number of primary sulfonamides is 1. The van der Waals surface area contributed by atoms with E-state index in [1.165, 1.54) is 18.2 Å². The second-order valence-corrected chi connectivity index (χ2v) is 8.06. The van der Waals surface area contributed by atoms with Gasteiger partial charge in [0.05, 0.1) is 22.3 Å². The zero-order valence-corrected chi connectivity index (χ0v) is 16.3. The minimum absolute atomic E-state index is 0.0509. The Bertz CT molecular complexity index is 1390. The molecule has 0 fully saturated rings. The van der Waals surface area contributed by atoms with E-state index in [4.69, 9.17) is 10.4 Å². The van der Waals surface area contributed by atoms with Crippen LogP contribution in [0.3, 0.4) is 0 Å². The van der Waals surface area contributed by atoms with Crippen molar-refractivity contribution in [1.82, 2.24) is 14.4 Å². The van der Waals surface area contributed by atoms with Crippen LogP contribution in [0.5, 0.6) is 5.75 Å². The fourth-order valence-corrected chi connectivity index (χ4v) is 3.54. The highest BCUT2D eigenvalue weighted by atomic mass is 32.2. The Morgan fingerprint density at radius 2 is 1.93 bits per heavy atom. The molecule has 0 aliphatic rings. The first-order chi connectivity index (χ1) is 14.4. The monoisotopic (exact) mass is 420 g/mol. The molecule has 2 aromatic heterocycles. The molecule has 0 saturated carbocycles. The summed E-state index contributed by atoms with van der Waals surface area (Å²) in [7, 11) is -3.73. The minimum Gasteiger partial charge on any atom is -0.507 e. The van der Waals surface area contributed by atoms with Crippen LogP contribution in [0, 0.1) is 11.3 Å². The van der Waals surface area contributed by atoms with Crippen molar-refractivity contribution in [1.29, 1.82) is 5.26 Å². The first-order valence-corrected chi connectivity index (χ1v) is 10.3. The highest BCUT2D eigenvalue weighted by Crippen LogP contribution is 2.27. The molecule has 0 amide bonds. The highest BCUT2D eigenvalue weighted by Gasteiger charge is 2.12. The summed E-state index contributed by atoms with van der Waals surface area (Å²) in [5, 5.41) is 27.2. The molecule has 4 rings (SSSR count). The second kappa shape index (κ2) is 7.47. The van der Waals surface area contributed by atoms with Crippen molar-refractivity contribution in [2.45, 2.75) is 11.4 Å². The summed E-state index contributed by atoms with van der Waals surface area (Å²) < 4.78 is 24.5. The molecule has 10 heteroatoms.